The Kier molecular flexibility index (Phi) is 6.65. The van der Waals surface area contributed by atoms with Crippen LogP contribution in [-0.4, -0.2) is 9.97 Å². The van der Waals surface area contributed by atoms with Gasteiger partial charge in [-0.05, 0) is 94.4 Å². The molecule has 0 N–H and O–H groups in total. The Labute approximate surface area is 277 Å². The van der Waals surface area contributed by atoms with E-state index < -0.39 is 0 Å². The molecular formula is C36H20N2S6. The molecule has 0 fully saturated rings. The Morgan fingerprint density at radius 2 is 0.614 bits per heavy atom. The number of hydrogen-bond acceptors (Lipinski definition) is 8. The lowest BCUT2D eigenvalue weighted by Crippen LogP contribution is -1.83. The third-order valence-corrected chi connectivity index (χ3v) is 13.4. The molecule has 2 aliphatic heterocycles. The van der Waals surface area contributed by atoms with E-state index in [4.69, 9.17) is 9.97 Å². The van der Waals surface area contributed by atoms with Crippen LogP contribution in [0.25, 0.3) is 84.9 Å². The summed E-state index contributed by atoms with van der Waals surface area (Å²) in [5.41, 5.74) is 8.75. The first-order valence-corrected chi connectivity index (χ1v) is 19.1. The summed E-state index contributed by atoms with van der Waals surface area (Å²) in [7, 11) is 0. The van der Waals surface area contributed by atoms with Crippen molar-refractivity contribution in [2.45, 2.75) is 0 Å². The van der Waals surface area contributed by atoms with Crippen molar-refractivity contribution in [3.63, 3.8) is 0 Å². The van der Waals surface area contributed by atoms with Crippen molar-refractivity contribution in [2.24, 2.45) is 0 Å². The molecule has 8 heteroatoms. The first-order chi connectivity index (χ1) is 21.8. The third-order valence-electron chi connectivity index (χ3n) is 7.57. The zero-order chi connectivity index (χ0) is 29.0. The van der Waals surface area contributed by atoms with Crippen molar-refractivity contribution >= 4 is 111 Å². The van der Waals surface area contributed by atoms with Crippen molar-refractivity contribution < 1.29 is 0 Å². The molecule has 0 saturated heterocycles. The van der Waals surface area contributed by atoms with Gasteiger partial charge in [0.15, 0.2) is 0 Å². The van der Waals surface area contributed by atoms with Gasteiger partial charge in [0.25, 0.3) is 0 Å². The lowest BCUT2D eigenvalue weighted by atomic mass is 10.1. The average molecular weight is 673 g/mol. The van der Waals surface area contributed by atoms with Crippen molar-refractivity contribution in [3.05, 3.63) is 117 Å². The van der Waals surface area contributed by atoms with E-state index in [1.54, 1.807) is 45.3 Å². The molecule has 7 aromatic heterocycles. The third kappa shape index (κ3) is 4.53. The zero-order valence-electron chi connectivity index (χ0n) is 22.9. The van der Waals surface area contributed by atoms with E-state index in [9.17, 15) is 0 Å². The number of nitrogens with zero attached hydrogens (tertiary/aromatic N) is 2. The van der Waals surface area contributed by atoms with Crippen LogP contribution in [0.5, 0.6) is 0 Å². The molecule has 2 nitrogen and oxygen atoms in total. The van der Waals surface area contributed by atoms with Gasteiger partial charge in [-0.1, -0.05) is 24.3 Å². The molecule has 9 heterocycles. The quantitative estimate of drug-likeness (QED) is 0.186. The first-order valence-electron chi connectivity index (χ1n) is 13.9. The summed E-state index contributed by atoms with van der Waals surface area (Å²) in [6, 6.07) is 26.4. The number of rotatable bonds is 4. The molecule has 0 saturated carbocycles. The normalized spacial score (nSPS) is 12.4. The predicted molar refractivity (Wildman–Crippen MR) is 199 cm³/mol. The van der Waals surface area contributed by atoms with Gasteiger partial charge in [0.1, 0.15) is 0 Å². The van der Waals surface area contributed by atoms with Crippen molar-refractivity contribution in [2.75, 3.05) is 0 Å². The first kappa shape index (κ1) is 26.6. The van der Waals surface area contributed by atoms with Crippen LogP contribution in [0.1, 0.15) is 22.8 Å². The average Bonchev–Trinajstić information content (AvgIpc) is 3.90. The van der Waals surface area contributed by atoms with Crippen LogP contribution in [0.15, 0.2) is 94.3 Å². The molecule has 210 valence electrons. The maximum Gasteiger partial charge on any atom is 0.0738 e. The van der Waals surface area contributed by atoms with Gasteiger partial charge in [0, 0.05) is 60.6 Å². The minimum Gasteiger partial charge on any atom is -0.248 e. The van der Waals surface area contributed by atoms with Crippen LogP contribution >= 0.6 is 68.0 Å². The molecule has 0 aliphatic carbocycles. The van der Waals surface area contributed by atoms with Gasteiger partial charge < -0.3 is 0 Å². The summed E-state index contributed by atoms with van der Waals surface area (Å²) in [6.07, 6.45) is 8.78. The SMILES string of the molecule is C1=Cc2nc1c(-c1cccs1)c1ccc(s1)c(-c1cccs1)c1nc(c(-c3cccs3)c3ccc(s3)c2-c2cccs2)C=C1. The van der Waals surface area contributed by atoms with Crippen molar-refractivity contribution in [1.29, 1.82) is 0 Å². The fourth-order valence-electron chi connectivity index (χ4n) is 5.67. The molecule has 0 spiro atoms. The number of fused-ring (bicyclic) bond motifs is 8. The van der Waals surface area contributed by atoms with Gasteiger partial charge in [0.05, 0.1) is 22.8 Å². The van der Waals surface area contributed by atoms with E-state index in [1.807, 2.05) is 22.7 Å². The van der Waals surface area contributed by atoms with Gasteiger partial charge in [-0.15, -0.1) is 68.0 Å². The molecule has 0 aromatic carbocycles. The second-order valence-electron chi connectivity index (χ2n) is 10.2. The van der Waals surface area contributed by atoms with Gasteiger partial charge in [0.2, 0.25) is 0 Å². The molecule has 0 amide bonds. The Balaban J connectivity index is 1.49. The smallest absolute Gasteiger partial charge is 0.0738 e. The van der Waals surface area contributed by atoms with Crippen LogP contribution in [0.2, 0.25) is 0 Å². The highest BCUT2D eigenvalue weighted by molar-refractivity contribution is 7.26. The van der Waals surface area contributed by atoms with Gasteiger partial charge in [-0.3, -0.25) is 0 Å². The van der Waals surface area contributed by atoms with E-state index in [0.717, 1.165) is 22.8 Å². The van der Waals surface area contributed by atoms with E-state index in [0.29, 0.717) is 0 Å². The van der Waals surface area contributed by atoms with Crippen molar-refractivity contribution in [1.82, 2.24) is 9.97 Å². The number of thiophene rings is 6. The van der Waals surface area contributed by atoms with Crippen LogP contribution in [-0.2, 0) is 0 Å². The van der Waals surface area contributed by atoms with Crippen LogP contribution in [0, 0.1) is 0 Å². The molecule has 2 aliphatic rings. The standard InChI is InChI=1S/C36H20N2S6/c1-5-25(39-17-1)33-21-9-10-22(37-21)34(26-6-2-18-40-26)31-15-16-32(44-31)36(28-8-4-20-42-28)24-12-11-23(38-24)35(27-7-3-19-41-27)30-14-13-29(33)43-30/h1-20H. The second-order valence-corrected chi connectivity index (χ2v) is 16.1. The molecule has 8 bridgehead atoms. The summed E-state index contributed by atoms with van der Waals surface area (Å²) in [6.45, 7) is 0. The van der Waals surface area contributed by atoms with Crippen LogP contribution in [0.3, 0.4) is 0 Å². The summed E-state index contributed by atoms with van der Waals surface area (Å²) in [5, 5.41) is 8.60. The Hall–Kier alpha value is -3.76. The largest absolute Gasteiger partial charge is 0.248 e. The lowest BCUT2D eigenvalue weighted by molar-refractivity contribution is 1.33. The van der Waals surface area contributed by atoms with E-state index in [-0.39, 0.29) is 0 Å². The fraction of sp³-hybridized carbons (Fsp3) is 0. The maximum absolute atomic E-state index is 5.36. The monoisotopic (exact) mass is 672 g/mol. The van der Waals surface area contributed by atoms with E-state index in [2.05, 4.69) is 119 Å². The van der Waals surface area contributed by atoms with E-state index >= 15 is 0 Å². The van der Waals surface area contributed by atoms with Crippen molar-refractivity contribution in [3.8, 4) is 41.8 Å². The summed E-state index contributed by atoms with van der Waals surface area (Å²) < 4.78 is 4.84. The zero-order valence-corrected chi connectivity index (χ0v) is 27.8. The highest BCUT2D eigenvalue weighted by Crippen LogP contribution is 2.44. The molecular weight excluding hydrogens is 653 g/mol. The number of hydrogen-bond donors (Lipinski definition) is 0. The summed E-state index contributed by atoms with van der Waals surface area (Å²) in [4.78, 5) is 15.6. The molecule has 0 radical (unpaired) electrons. The molecule has 9 rings (SSSR count). The molecule has 44 heavy (non-hydrogen) atoms. The highest BCUT2D eigenvalue weighted by Gasteiger charge is 2.20. The maximum atomic E-state index is 5.36. The Bertz CT molecular complexity index is 2040. The van der Waals surface area contributed by atoms with Gasteiger partial charge in [-0.25, -0.2) is 9.97 Å². The molecule has 0 atom stereocenters. The van der Waals surface area contributed by atoms with Crippen LogP contribution in [0.4, 0.5) is 0 Å². The highest BCUT2D eigenvalue weighted by atomic mass is 32.1. The molecule has 0 unspecified atom stereocenters. The minimum atomic E-state index is 1.01. The topological polar surface area (TPSA) is 25.8 Å². The van der Waals surface area contributed by atoms with Gasteiger partial charge in [-0.2, -0.15) is 0 Å². The molecule has 7 aromatic rings. The fourth-order valence-corrected chi connectivity index (χ4v) is 11.4. The minimum absolute atomic E-state index is 1.01. The Morgan fingerprint density at radius 1 is 0.341 bits per heavy atom. The summed E-state index contributed by atoms with van der Waals surface area (Å²) >= 11 is 10.7. The Morgan fingerprint density at radius 3 is 0.841 bits per heavy atom. The lowest BCUT2D eigenvalue weighted by Gasteiger charge is -2.02. The number of aromatic nitrogens is 2. The second kappa shape index (κ2) is 11.0. The van der Waals surface area contributed by atoms with Crippen LogP contribution < -0.4 is 0 Å². The predicted octanol–water partition coefficient (Wildman–Crippen LogP) is 13.0. The summed E-state index contributed by atoms with van der Waals surface area (Å²) in [5.74, 6) is 0. The van der Waals surface area contributed by atoms with Gasteiger partial charge >= 0.3 is 0 Å². The van der Waals surface area contributed by atoms with E-state index in [1.165, 1.54) is 60.6 Å².